The Labute approximate surface area is 84.1 Å². The average Bonchev–Trinajstić information content (AvgIpc) is 2.51. The fourth-order valence-corrected chi connectivity index (χ4v) is 2.50. The summed E-state index contributed by atoms with van der Waals surface area (Å²) in [5.41, 5.74) is -0.152. The van der Waals surface area contributed by atoms with Crippen LogP contribution in [0.1, 0.15) is 32.1 Å². The van der Waals surface area contributed by atoms with Crippen LogP contribution in [0.2, 0.25) is 0 Å². The van der Waals surface area contributed by atoms with Crippen molar-refractivity contribution < 1.29 is 9.90 Å². The molecular formula is C10H18N2O2. The number of carboxylic acids is 1. The maximum atomic E-state index is 10.7. The van der Waals surface area contributed by atoms with Gasteiger partial charge in [-0.15, -0.1) is 0 Å². The SMILES string of the molecule is O=C(O)CC1(NC2CCCC2)CNC1. The molecule has 1 aliphatic carbocycles. The summed E-state index contributed by atoms with van der Waals surface area (Å²) in [5.74, 6) is -0.697. The molecule has 0 atom stereocenters. The number of hydrogen-bond donors (Lipinski definition) is 3. The number of hydrogen-bond acceptors (Lipinski definition) is 3. The van der Waals surface area contributed by atoms with Crippen LogP contribution in [0.25, 0.3) is 0 Å². The monoisotopic (exact) mass is 198 g/mol. The van der Waals surface area contributed by atoms with Crippen molar-refractivity contribution in [2.45, 2.75) is 43.7 Å². The first-order valence-corrected chi connectivity index (χ1v) is 5.40. The van der Waals surface area contributed by atoms with Gasteiger partial charge in [0.05, 0.1) is 12.0 Å². The van der Waals surface area contributed by atoms with Crippen molar-refractivity contribution in [2.75, 3.05) is 13.1 Å². The Hall–Kier alpha value is -0.610. The van der Waals surface area contributed by atoms with E-state index >= 15 is 0 Å². The van der Waals surface area contributed by atoms with Crippen molar-refractivity contribution >= 4 is 5.97 Å². The highest BCUT2D eigenvalue weighted by atomic mass is 16.4. The van der Waals surface area contributed by atoms with Gasteiger partial charge in [-0.1, -0.05) is 12.8 Å². The van der Waals surface area contributed by atoms with E-state index in [1.54, 1.807) is 0 Å². The molecule has 4 nitrogen and oxygen atoms in total. The van der Waals surface area contributed by atoms with Gasteiger partial charge in [-0.25, -0.2) is 0 Å². The minimum absolute atomic E-state index is 0.152. The molecule has 0 spiro atoms. The van der Waals surface area contributed by atoms with E-state index in [2.05, 4.69) is 10.6 Å². The molecule has 2 fully saturated rings. The van der Waals surface area contributed by atoms with Gasteiger partial charge in [-0.05, 0) is 12.8 Å². The van der Waals surface area contributed by atoms with Crippen LogP contribution in [0.4, 0.5) is 0 Å². The third-order valence-electron chi connectivity index (χ3n) is 3.28. The molecule has 1 saturated heterocycles. The second-order valence-electron chi connectivity index (χ2n) is 4.58. The van der Waals surface area contributed by atoms with Crippen LogP contribution in [0, 0.1) is 0 Å². The van der Waals surface area contributed by atoms with Gasteiger partial charge in [0.2, 0.25) is 0 Å². The quantitative estimate of drug-likeness (QED) is 0.609. The van der Waals surface area contributed by atoms with Gasteiger partial charge >= 0.3 is 5.97 Å². The van der Waals surface area contributed by atoms with Crippen LogP contribution in [-0.2, 0) is 4.79 Å². The van der Waals surface area contributed by atoms with Gasteiger partial charge in [0.25, 0.3) is 0 Å². The largest absolute Gasteiger partial charge is 0.481 e. The number of carbonyl (C=O) groups is 1. The standard InChI is InChI=1S/C10H18N2O2/c13-9(14)5-10(6-11-7-10)12-8-3-1-2-4-8/h8,11-12H,1-7H2,(H,13,14). The number of nitrogens with one attached hydrogen (secondary N) is 2. The van der Waals surface area contributed by atoms with Gasteiger partial charge in [-0.2, -0.15) is 0 Å². The first kappa shape index (κ1) is 9.93. The Bertz CT molecular complexity index is 220. The third kappa shape index (κ3) is 2.07. The van der Waals surface area contributed by atoms with E-state index in [0.717, 1.165) is 13.1 Å². The van der Waals surface area contributed by atoms with E-state index < -0.39 is 5.97 Å². The zero-order valence-electron chi connectivity index (χ0n) is 8.38. The second-order valence-corrected chi connectivity index (χ2v) is 4.58. The lowest BCUT2D eigenvalue weighted by atomic mass is 9.87. The summed E-state index contributed by atoms with van der Waals surface area (Å²) in [6, 6.07) is 0.552. The van der Waals surface area contributed by atoms with Crippen molar-refractivity contribution in [3.05, 3.63) is 0 Å². The third-order valence-corrected chi connectivity index (χ3v) is 3.28. The van der Waals surface area contributed by atoms with Gasteiger partial charge in [-0.3, -0.25) is 4.79 Å². The molecule has 0 radical (unpaired) electrons. The molecular weight excluding hydrogens is 180 g/mol. The number of rotatable bonds is 4. The Balaban J connectivity index is 1.87. The Kier molecular flexibility index (Phi) is 2.74. The van der Waals surface area contributed by atoms with Crippen LogP contribution in [0.5, 0.6) is 0 Å². The number of carboxylic acid groups (broad SMARTS) is 1. The van der Waals surface area contributed by atoms with E-state index in [9.17, 15) is 4.79 Å². The summed E-state index contributed by atoms with van der Waals surface area (Å²) in [7, 11) is 0. The van der Waals surface area contributed by atoms with E-state index in [4.69, 9.17) is 5.11 Å². The smallest absolute Gasteiger partial charge is 0.305 e. The topological polar surface area (TPSA) is 61.4 Å². The van der Waals surface area contributed by atoms with Gasteiger partial charge in [0, 0.05) is 19.1 Å². The maximum Gasteiger partial charge on any atom is 0.305 e. The molecule has 0 aromatic rings. The molecule has 4 heteroatoms. The molecule has 0 aromatic heterocycles. The normalized spacial score (nSPS) is 26.0. The molecule has 0 unspecified atom stereocenters. The molecule has 80 valence electrons. The molecule has 3 N–H and O–H groups in total. The van der Waals surface area contributed by atoms with E-state index in [1.807, 2.05) is 0 Å². The van der Waals surface area contributed by atoms with Crippen molar-refractivity contribution in [3.8, 4) is 0 Å². The molecule has 0 aromatic carbocycles. The zero-order valence-corrected chi connectivity index (χ0v) is 8.38. The average molecular weight is 198 g/mol. The Morgan fingerprint density at radius 1 is 1.43 bits per heavy atom. The second kappa shape index (κ2) is 3.87. The minimum atomic E-state index is -0.697. The van der Waals surface area contributed by atoms with Crippen molar-refractivity contribution in [3.63, 3.8) is 0 Å². The van der Waals surface area contributed by atoms with Crippen molar-refractivity contribution in [2.24, 2.45) is 0 Å². The van der Waals surface area contributed by atoms with Crippen LogP contribution in [0.15, 0.2) is 0 Å². The Morgan fingerprint density at radius 2 is 2.07 bits per heavy atom. The van der Waals surface area contributed by atoms with Crippen molar-refractivity contribution in [1.82, 2.24) is 10.6 Å². The van der Waals surface area contributed by atoms with E-state index in [-0.39, 0.29) is 12.0 Å². The predicted octanol–water partition coefficient (Wildman–Crippen LogP) is 0.335. The van der Waals surface area contributed by atoms with Crippen LogP contribution in [-0.4, -0.2) is 35.7 Å². The van der Waals surface area contributed by atoms with E-state index in [1.165, 1.54) is 25.7 Å². The molecule has 1 heterocycles. The fourth-order valence-electron chi connectivity index (χ4n) is 2.50. The molecule has 0 bridgehead atoms. The molecule has 14 heavy (non-hydrogen) atoms. The Morgan fingerprint density at radius 3 is 2.50 bits per heavy atom. The maximum absolute atomic E-state index is 10.7. The molecule has 1 aliphatic heterocycles. The molecule has 0 amide bonds. The number of aliphatic carboxylic acids is 1. The molecule has 1 saturated carbocycles. The summed E-state index contributed by atoms with van der Waals surface area (Å²) >= 11 is 0. The van der Waals surface area contributed by atoms with E-state index in [0.29, 0.717) is 6.04 Å². The first-order chi connectivity index (χ1) is 6.70. The highest BCUT2D eigenvalue weighted by molar-refractivity contribution is 5.68. The lowest BCUT2D eigenvalue weighted by Crippen LogP contribution is -2.70. The highest BCUT2D eigenvalue weighted by Gasteiger charge is 2.40. The summed E-state index contributed by atoms with van der Waals surface area (Å²) in [4.78, 5) is 10.7. The van der Waals surface area contributed by atoms with Crippen molar-refractivity contribution in [1.29, 1.82) is 0 Å². The fraction of sp³-hybridized carbons (Fsp3) is 0.900. The molecule has 2 rings (SSSR count). The lowest BCUT2D eigenvalue weighted by molar-refractivity contribution is -0.139. The van der Waals surface area contributed by atoms with Gasteiger partial charge in [0.1, 0.15) is 0 Å². The minimum Gasteiger partial charge on any atom is -0.481 e. The predicted molar refractivity (Wildman–Crippen MR) is 53.2 cm³/mol. The summed E-state index contributed by atoms with van der Waals surface area (Å²) in [6.45, 7) is 1.60. The summed E-state index contributed by atoms with van der Waals surface area (Å²) in [5, 5.41) is 15.5. The van der Waals surface area contributed by atoms with Crippen LogP contribution >= 0.6 is 0 Å². The van der Waals surface area contributed by atoms with Crippen LogP contribution < -0.4 is 10.6 Å². The van der Waals surface area contributed by atoms with Gasteiger partial charge < -0.3 is 15.7 Å². The summed E-state index contributed by atoms with van der Waals surface area (Å²) in [6.07, 6.45) is 5.24. The first-order valence-electron chi connectivity index (χ1n) is 5.40. The highest BCUT2D eigenvalue weighted by Crippen LogP contribution is 2.24. The van der Waals surface area contributed by atoms with Crippen LogP contribution in [0.3, 0.4) is 0 Å². The summed E-state index contributed by atoms with van der Waals surface area (Å²) < 4.78 is 0. The molecule has 2 aliphatic rings. The zero-order chi connectivity index (χ0) is 10.0. The van der Waals surface area contributed by atoms with Gasteiger partial charge in [0.15, 0.2) is 0 Å². The lowest BCUT2D eigenvalue weighted by Gasteiger charge is -2.44.